The first-order valence-corrected chi connectivity index (χ1v) is 4.99. The summed E-state index contributed by atoms with van der Waals surface area (Å²) in [6.07, 6.45) is 0. The molecule has 80 valence electrons. The molecule has 2 rings (SSSR count). The summed E-state index contributed by atoms with van der Waals surface area (Å²) < 4.78 is 0. The summed E-state index contributed by atoms with van der Waals surface area (Å²) in [6, 6.07) is 9.41. The Morgan fingerprint density at radius 2 is 1.93 bits per heavy atom. The number of hydrogen-bond donors (Lipinski definition) is 3. The fourth-order valence-electron chi connectivity index (χ4n) is 1.97. The third kappa shape index (κ3) is 1.86. The Hall–Kier alpha value is -1.39. The van der Waals surface area contributed by atoms with Crippen LogP contribution in [0.4, 0.5) is 0 Å². The maximum atomic E-state index is 10.9. The Bertz CT molecular complexity index is 353. The molecule has 1 aromatic carbocycles. The van der Waals surface area contributed by atoms with Gasteiger partial charge in [0.25, 0.3) is 0 Å². The van der Waals surface area contributed by atoms with Gasteiger partial charge in [0.15, 0.2) is 0 Å². The molecule has 1 heterocycles. The molecule has 4 heteroatoms. The minimum absolute atomic E-state index is 0.0323. The van der Waals surface area contributed by atoms with E-state index < -0.39 is 12.0 Å². The highest BCUT2D eigenvalue weighted by atomic mass is 16.4. The van der Waals surface area contributed by atoms with Crippen molar-refractivity contribution >= 4 is 5.97 Å². The number of carbonyl (C=O) groups is 1. The summed E-state index contributed by atoms with van der Waals surface area (Å²) in [5.41, 5.74) is 6.94. The van der Waals surface area contributed by atoms with Crippen LogP contribution in [0.3, 0.4) is 0 Å². The molecule has 0 radical (unpaired) electrons. The first-order valence-electron chi connectivity index (χ1n) is 4.99. The minimum atomic E-state index is -0.812. The van der Waals surface area contributed by atoms with Crippen LogP contribution in [0.25, 0.3) is 0 Å². The topological polar surface area (TPSA) is 61.4 Å². The van der Waals surface area contributed by atoms with Crippen molar-refractivity contribution in [3.63, 3.8) is 0 Å². The lowest BCUT2D eigenvalue weighted by Crippen LogP contribution is -2.37. The fourth-order valence-corrected chi connectivity index (χ4v) is 1.97. The van der Waals surface area contributed by atoms with Crippen molar-refractivity contribution in [2.24, 2.45) is 5.92 Å². The molecule has 1 fully saturated rings. The van der Waals surface area contributed by atoms with Crippen LogP contribution in [0.15, 0.2) is 30.3 Å². The van der Waals surface area contributed by atoms with Crippen LogP contribution in [0, 0.1) is 5.92 Å². The van der Waals surface area contributed by atoms with Crippen molar-refractivity contribution in [2.45, 2.75) is 19.0 Å². The molecule has 15 heavy (non-hydrogen) atoms. The van der Waals surface area contributed by atoms with Gasteiger partial charge in [-0.1, -0.05) is 37.3 Å². The van der Waals surface area contributed by atoms with Crippen molar-refractivity contribution in [1.29, 1.82) is 0 Å². The van der Waals surface area contributed by atoms with E-state index in [1.54, 1.807) is 0 Å². The van der Waals surface area contributed by atoms with Gasteiger partial charge in [-0.25, -0.2) is 10.9 Å². The van der Waals surface area contributed by atoms with Crippen LogP contribution in [0.2, 0.25) is 0 Å². The van der Waals surface area contributed by atoms with E-state index in [9.17, 15) is 4.79 Å². The molecule has 1 saturated heterocycles. The second kappa shape index (κ2) is 4.00. The van der Waals surface area contributed by atoms with Gasteiger partial charge in [-0.15, -0.1) is 0 Å². The van der Waals surface area contributed by atoms with Crippen molar-refractivity contribution < 1.29 is 9.90 Å². The normalized spacial score (nSPS) is 30.3. The highest BCUT2D eigenvalue weighted by molar-refractivity contribution is 5.74. The number of carboxylic acid groups (broad SMARTS) is 1. The van der Waals surface area contributed by atoms with Gasteiger partial charge in [-0.2, -0.15) is 0 Å². The zero-order valence-corrected chi connectivity index (χ0v) is 8.47. The van der Waals surface area contributed by atoms with Gasteiger partial charge in [0.2, 0.25) is 0 Å². The largest absolute Gasteiger partial charge is 0.480 e. The standard InChI is InChI=1S/C11H14N2O2/c1-7-9(8-5-3-2-4-6-8)12-13-10(7)11(14)15/h2-7,9-10,12-13H,1H3,(H,14,15). The molecular weight excluding hydrogens is 192 g/mol. The van der Waals surface area contributed by atoms with Crippen LogP contribution in [0.1, 0.15) is 18.5 Å². The lowest BCUT2D eigenvalue weighted by Gasteiger charge is -2.16. The number of benzene rings is 1. The Kier molecular flexibility index (Phi) is 2.70. The van der Waals surface area contributed by atoms with E-state index in [-0.39, 0.29) is 12.0 Å². The van der Waals surface area contributed by atoms with Gasteiger partial charge in [-0.05, 0) is 5.56 Å². The van der Waals surface area contributed by atoms with E-state index in [0.29, 0.717) is 0 Å². The smallest absolute Gasteiger partial charge is 0.322 e. The van der Waals surface area contributed by atoms with Gasteiger partial charge in [0, 0.05) is 5.92 Å². The molecule has 0 aromatic heterocycles. The number of hydrazine groups is 1. The average molecular weight is 206 g/mol. The van der Waals surface area contributed by atoms with Crippen molar-refractivity contribution in [3.8, 4) is 0 Å². The Morgan fingerprint density at radius 3 is 2.47 bits per heavy atom. The van der Waals surface area contributed by atoms with Crippen LogP contribution in [0.5, 0.6) is 0 Å². The Labute approximate surface area is 88.3 Å². The molecule has 1 aliphatic rings. The minimum Gasteiger partial charge on any atom is -0.480 e. The summed E-state index contributed by atoms with van der Waals surface area (Å²) in [5, 5.41) is 8.95. The van der Waals surface area contributed by atoms with E-state index in [1.165, 1.54) is 0 Å². The summed E-state index contributed by atoms with van der Waals surface area (Å²) in [7, 11) is 0. The second-order valence-corrected chi connectivity index (χ2v) is 3.85. The summed E-state index contributed by atoms with van der Waals surface area (Å²) >= 11 is 0. The molecular formula is C11H14N2O2. The highest BCUT2D eigenvalue weighted by Gasteiger charge is 2.37. The third-order valence-electron chi connectivity index (χ3n) is 2.87. The number of nitrogens with one attached hydrogen (secondary N) is 2. The average Bonchev–Trinajstić information content (AvgIpc) is 2.61. The van der Waals surface area contributed by atoms with Gasteiger partial charge >= 0.3 is 5.97 Å². The number of carboxylic acids is 1. The molecule has 1 aromatic rings. The molecule has 0 bridgehead atoms. The predicted molar refractivity (Wildman–Crippen MR) is 56.0 cm³/mol. The van der Waals surface area contributed by atoms with Gasteiger partial charge in [0.1, 0.15) is 6.04 Å². The molecule has 0 saturated carbocycles. The zero-order valence-electron chi connectivity index (χ0n) is 8.47. The molecule has 3 unspecified atom stereocenters. The van der Waals surface area contributed by atoms with Crippen LogP contribution in [-0.2, 0) is 4.79 Å². The van der Waals surface area contributed by atoms with Crippen LogP contribution in [-0.4, -0.2) is 17.1 Å². The fraction of sp³-hybridized carbons (Fsp3) is 0.364. The van der Waals surface area contributed by atoms with Crippen molar-refractivity contribution in [2.75, 3.05) is 0 Å². The van der Waals surface area contributed by atoms with Crippen LogP contribution >= 0.6 is 0 Å². The van der Waals surface area contributed by atoms with E-state index in [0.717, 1.165) is 5.56 Å². The molecule has 4 nitrogen and oxygen atoms in total. The molecule has 3 atom stereocenters. The molecule has 0 spiro atoms. The summed E-state index contributed by atoms with van der Waals surface area (Å²) in [6.45, 7) is 1.93. The lowest BCUT2D eigenvalue weighted by atomic mass is 9.91. The Balaban J connectivity index is 2.17. The Morgan fingerprint density at radius 1 is 1.27 bits per heavy atom. The molecule has 3 N–H and O–H groups in total. The maximum Gasteiger partial charge on any atom is 0.322 e. The first-order chi connectivity index (χ1) is 7.20. The SMILES string of the molecule is CC1C(C(=O)O)NNC1c1ccccc1. The van der Waals surface area contributed by atoms with E-state index >= 15 is 0 Å². The monoisotopic (exact) mass is 206 g/mol. The number of hydrogen-bond acceptors (Lipinski definition) is 3. The molecule has 0 amide bonds. The zero-order chi connectivity index (χ0) is 10.8. The van der Waals surface area contributed by atoms with E-state index in [2.05, 4.69) is 10.9 Å². The first kappa shape index (κ1) is 10.1. The van der Waals surface area contributed by atoms with Crippen molar-refractivity contribution in [3.05, 3.63) is 35.9 Å². The van der Waals surface area contributed by atoms with Gasteiger partial charge in [0.05, 0.1) is 6.04 Å². The lowest BCUT2D eigenvalue weighted by molar-refractivity contribution is -0.140. The predicted octanol–water partition coefficient (Wildman–Crippen LogP) is 0.925. The maximum absolute atomic E-state index is 10.9. The summed E-state index contributed by atoms with van der Waals surface area (Å²) in [4.78, 5) is 10.9. The van der Waals surface area contributed by atoms with E-state index in [1.807, 2.05) is 37.3 Å². The summed E-state index contributed by atoms with van der Waals surface area (Å²) in [5.74, 6) is -0.779. The molecule has 1 aliphatic heterocycles. The van der Waals surface area contributed by atoms with E-state index in [4.69, 9.17) is 5.11 Å². The highest BCUT2D eigenvalue weighted by Crippen LogP contribution is 2.27. The van der Waals surface area contributed by atoms with Crippen LogP contribution < -0.4 is 10.9 Å². The second-order valence-electron chi connectivity index (χ2n) is 3.85. The quantitative estimate of drug-likeness (QED) is 0.673. The van der Waals surface area contributed by atoms with Gasteiger partial charge < -0.3 is 5.11 Å². The van der Waals surface area contributed by atoms with Crippen molar-refractivity contribution in [1.82, 2.24) is 10.9 Å². The third-order valence-corrected chi connectivity index (χ3v) is 2.87. The number of aliphatic carboxylic acids is 1. The molecule has 0 aliphatic carbocycles. The number of rotatable bonds is 2. The van der Waals surface area contributed by atoms with Gasteiger partial charge in [-0.3, -0.25) is 4.79 Å².